The number of amides is 2. The van der Waals surface area contributed by atoms with E-state index in [1.807, 2.05) is 24.3 Å². The van der Waals surface area contributed by atoms with Crippen LogP contribution in [-0.2, 0) is 6.54 Å². The highest BCUT2D eigenvalue weighted by atomic mass is 35.5. The van der Waals surface area contributed by atoms with E-state index in [9.17, 15) is 9.59 Å². The van der Waals surface area contributed by atoms with Gasteiger partial charge in [-0.2, -0.15) is 0 Å². The van der Waals surface area contributed by atoms with Gasteiger partial charge in [0.2, 0.25) is 5.91 Å². The van der Waals surface area contributed by atoms with Crippen LogP contribution in [0, 0.1) is 0 Å². The monoisotopic (exact) mass is 424 g/mol. The fraction of sp³-hybridized carbons (Fsp3) is 0.227. The molecule has 1 aromatic heterocycles. The third-order valence-electron chi connectivity index (χ3n) is 5.16. The Morgan fingerprint density at radius 3 is 2.30 bits per heavy atom. The Bertz CT molecular complexity index is 1040. The number of carbonyl (C=O) groups excluding carboxylic acids is 2. The molecule has 7 nitrogen and oxygen atoms in total. The van der Waals surface area contributed by atoms with Crippen molar-refractivity contribution in [3.63, 3.8) is 0 Å². The van der Waals surface area contributed by atoms with E-state index in [0.717, 1.165) is 30.8 Å². The Balaban J connectivity index is 1.33. The summed E-state index contributed by atoms with van der Waals surface area (Å²) in [5.74, 6) is -0.0294. The molecule has 0 bridgehead atoms. The number of primary amides is 1. The van der Waals surface area contributed by atoms with E-state index >= 15 is 0 Å². The van der Waals surface area contributed by atoms with Crippen LogP contribution in [-0.4, -0.2) is 52.9 Å². The fourth-order valence-corrected chi connectivity index (χ4v) is 3.56. The van der Waals surface area contributed by atoms with Crippen LogP contribution in [0.1, 0.15) is 26.4 Å². The lowest BCUT2D eigenvalue weighted by molar-refractivity contribution is 0.0618. The van der Waals surface area contributed by atoms with Crippen LogP contribution >= 0.6 is 11.6 Å². The van der Waals surface area contributed by atoms with Crippen LogP contribution in [0.25, 0.3) is 11.3 Å². The summed E-state index contributed by atoms with van der Waals surface area (Å²) >= 11 is 5.91. The molecule has 0 aliphatic carbocycles. The average Bonchev–Trinajstić information content (AvgIpc) is 3.25. The third kappa shape index (κ3) is 4.53. The van der Waals surface area contributed by atoms with Gasteiger partial charge in [-0.3, -0.25) is 14.5 Å². The number of aromatic nitrogens is 1. The SMILES string of the molecule is NC(=O)c1ccc(CN2CCN(C(=O)c3cc(-c4ccc(Cl)cc4)on3)CC2)cc1. The number of nitrogens with two attached hydrogens (primary N) is 1. The maximum Gasteiger partial charge on any atom is 0.276 e. The van der Waals surface area contributed by atoms with Crippen molar-refractivity contribution in [1.82, 2.24) is 15.0 Å². The molecule has 3 aromatic rings. The van der Waals surface area contributed by atoms with Crippen LogP contribution < -0.4 is 5.73 Å². The standard InChI is InChI=1S/C22H21ClN4O3/c23-18-7-5-16(6-8-18)20-13-19(25-30-20)22(29)27-11-9-26(10-12-27)14-15-1-3-17(4-2-15)21(24)28/h1-8,13H,9-12,14H2,(H2,24,28). The molecule has 30 heavy (non-hydrogen) atoms. The normalized spacial score (nSPS) is 14.6. The lowest BCUT2D eigenvalue weighted by Gasteiger charge is -2.34. The molecule has 2 heterocycles. The lowest BCUT2D eigenvalue weighted by atomic mass is 10.1. The summed E-state index contributed by atoms with van der Waals surface area (Å²) in [5.41, 5.74) is 8.00. The highest BCUT2D eigenvalue weighted by Crippen LogP contribution is 2.23. The van der Waals surface area contributed by atoms with Gasteiger partial charge >= 0.3 is 0 Å². The highest BCUT2D eigenvalue weighted by Gasteiger charge is 2.25. The molecule has 154 valence electrons. The van der Waals surface area contributed by atoms with Crippen molar-refractivity contribution < 1.29 is 14.1 Å². The van der Waals surface area contributed by atoms with Gasteiger partial charge < -0.3 is 15.2 Å². The van der Waals surface area contributed by atoms with Gasteiger partial charge in [0.05, 0.1) is 0 Å². The second-order valence-electron chi connectivity index (χ2n) is 7.21. The van der Waals surface area contributed by atoms with Crippen molar-refractivity contribution >= 4 is 23.4 Å². The van der Waals surface area contributed by atoms with Crippen molar-refractivity contribution in [3.8, 4) is 11.3 Å². The van der Waals surface area contributed by atoms with Gasteiger partial charge in [-0.1, -0.05) is 28.9 Å². The lowest BCUT2D eigenvalue weighted by Crippen LogP contribution is -2.48. The van der Waals surface area contributed by atoms with E-state index in [0.29, 0.717) is 35.1 Å². The number of nitrogens with zero attached hydrogens (tertiary/aromatic N) is 3. The highest BCUT2D eigenvalue weighted by molar-refractivity contribution is 6.30. The molecule has 0 atom stereocenters. The van der Waals surface area contributed by atoms with E-state index in [4.69, 9.17) is 21.9 Å². The summed E-state index contributed by atoms with van der Waals surface area (Å²) in [6, 6.07) is 16.1. The van der Waals surface area contributed by atoms with Crippen molar-refractivity contribution in [2.24, 2.45) is 5.73 Å². The zero-order valence-electron chi connectivity index (χ0n) is 16.3. The van der Waals surface area contributed by atoms with Crippen LogP contribution in [0.15, 0.2) is 59.1 Å². The molecule has 0 saturated carbocycles. The Kier molecular flexibility index (Phi) is 5.83. The molecule has 0 spiro atoms. The predicted molar refractivity (Wildman–Crippen MR) is 113 cm³/mol. The van der Waals surface area contributed by atoms with Crippen LogP contribution in [0.2, 0.25) is 5.02 Å². The summed E-state index contributed by atoms with van der Waals surface area (Å²) in [6.45, 7) is 3.49. The van der Waals surface area contributed by atoms with Crippen LogP contribution in [0.3, 0.4) is 0 Å². The third-order valence-corrected chi connectivity index (χ3v) is 5.41. The summed E-state index contributed by atoms with van der Waals surface area (Å²) < 4.78 is 5.35. The zero-order valence-corrected chi connectivity index (χ0v) is 17.0. The number of carbonyl (C=O) groups is 2. The first-order valence-corrected chi connectivity index (χ1v) is 10.0. The summed E-state index contributed by atoms with van der Waals surface area (Å²) in [7, 11) is 0. The van der Waals surface area contributed by atoms with Crippen molar-refractivity contribution in [2.75, 3.05) is 26.2 Å². The maximum atomic E-state index is 12.8. The number of rotatable bonds is 5. The summed E-state index contributed by atoms with van der Waals surface area (Å²) in [5, 5.41) is 4.58. The van der Waals surface area contributed by atoms with E-state index in [2.05, 4.69) is 10.1 Å². The van der Waals surface area contributed by atoms with Gasteiger partial charge in [-0.25, -0.2) is 0 Å². The minimum atomic E-state index is -0.430. The number of benzene rings is 2. The topological polar surface area (TPSA) is 92.7 Å². The molecule has 1 saturated heterocycles. The number of halogens is 1. The molecule has 1 fully saturated rings. The second-order valence-corrected chi connectivity index (χ2v) is 7.65. The Labute approximate surface area is 179 Å². The molecule has 2 N–H and O–H groups in total. The van der Waals surface area contributed by atoms with E-state index in [1.165, 1.54) is 0 Å². The van der Waals surface area contributed by atoms with Crippen molar-refractivity contribution in [1.29, 1.82) is 0 Å². The fourth-order valence-electron chi connectivity index (χ4n) is 3.43. The van der Waals surface area contributed by atoms with Gasteiger partial charge in [0.1, 0.15) is 0 Å². The molecular weight excluding hydrogens is 404 g/mol. The molecule has 2 aromatic carbocycles. The molecule has 4 rings (SSSR count). The quantitative estimate of drug-likeness (QED) is 0.679. The Morgan fingerprint density at radius 1 is 1.00 bits per heavy atom. The Hall–Kier alpha value is -3.16. The largest absolute Gasteiger partial charge is 0.366 e. The first-order valence-electron chi connectivity index (χ1n) is 9.62. The minimum Gasteiger partial charge on any atom is -0.366 e. The van der Waals surface area contributed by atoms with E-state index in [1.54, 1.807) is 35.2 Å². The molecule has 1 aliphatic rings. The smallest absolute Gasteiger partial charge is 0.276 e. The van der Waals surface area contributed by atoms with E-state index in [-0.39, 0.29) is 5.91 Å². The molecule has 0 radical (unpaired) electrons. The van der Waals surface area contributed by atoms with Gasteiger partial charge in [-0.15, -0.1) is 0 Å². The van der Waals surface area contributed by atoms with Gasteiger partial charge in [0.15, 0.2) is 11.5 Å². The maximum absolute atomic E-state index is 12.8. The Morgan fingerprint density at radius 2 is 1.67 bits per heavy atom. The van der Waals surface area contributed by atoms with Crippen molar-refractivity contribution in [2.45, 2.75) is 6.54 Å². The molecule has 8 heteroatoms. The summed E-state index contributed by atoms with van der Waals surface area (Å²) in [6.07, 6.45) is 0. The van der Waals surface area contributed by atoms with Crippen LogP contribution in [0.5, 0.6) is 0 Å². The van der Waals surface area contributed by atoms with Crippen LogP contribution in [0.4, 0.5) is 0 Å². The van der Waals surface area contributed by atoms with Gasteiger partial charge in [-0.05, 0) is 42.0 Å². The second kappa shape index (κ2) is 8.69. The minimum absolute atomic E-state index is 0.135. The molecule has 1 aliphatic heterocycles. The number of hydrogen-bond acceptors (Lipinski definition) is 5. The molecule has 2 amide bonds. The number of piperazine rings is 1. The zero-order chi connectivity index (χ0) is 21.1. The van der Waals surface area contributed by atoms with Gasteiger partial charge in [0.25, 0.3) is 5.91 Å². The van der Waals surface area contributed by atoms with E-state index < -0.39 is 5.91 Å². The first kappa shape index (κ1) is 20.1. The van der Waals surface area contributed by atoms with Gasteiger partial charge in [0, 0.05) is 54.9 Å². The average molecular weight is 425 g/mol. The number of hydrogen-bond donors (Lipinski definition) is 1. The first-order chi connectivity index (χ1) is 14.5. The molecule has 0 unspecified atom stereocenters. The predicted octanol–water partition coefficient (Wildman–Crippen LogP) is 3.05. The summed E-state index contributed by atoms with van der Waals surface area (Å²) in [4.78, 5) is 28.0. The van der Waals surface area contributed by atoms with Crippen molar-refractivity contribution in [3.05, 3.63) is 76.4 Å². The molecular formula is C22H21ClN4O3.